The largest absolute Gasteiger partial charge is 0.376 e. The molecule has 1 aromatic heterocycles. The molecule has 1 amide bonds. The molecule has 110 valence electrons. The number of hydrogen-bond donors (Lipinski definition) is 1. The Bertz CT molecular complexity index is 589. The number of rotatable bonds is 6. The van der Waals surface area contributed by atoms with Crippen LogP contribution >= 0.6 is 15.9 Å². The fourth-order valence-electron chi connectivity index (χ4n) is 1.88. The average Bonchev–Trinajstić information content (AvgIpc) is 2.51. The summed E-state index contributed by atoms with van der Waals surface area (Å²) in [6.45, 7) is 0.992. The van der Waals surface area contributed by atoms with Crippen LogP contribution < -0.4 is 5.32 Å². The number of amides is 1. The van der Waals surface area contributed by atoms with E-state index < -0.39 is 0 Å². The highest BCUT2D eigenvalue weighted by Crippen LogP contribution is 2.15. The minimum absolute atomic E-state index is 0.0732. The number of likely N-dealkylation sites (N-methyl/N-ethyl adjacent to an activating group) is 1. The number of carbonyl (C=O) groups excluding carboxylic acids is 1. The van der Waals surface area contributed by atoms with E-state index in [9.17, 15) is 4.79 Å². The second-order valence-corrected chi connectivity index (χ2v) is 5.70. The third-order valence-electron chi connectivity index (χ3n) is 3.18. The lowest BCUT2D eigenvalue weighted by atomic mass is 10.2. The number of hydrogen-bond acceptors (Lipinski definition) is 3. The summed E-state index contributed by atoms with van der Waals surface area (Å²) in [7, 11) is 1.83. The van der Waals surface area contributed by atoms with Crippen molar-refractivity contribution in [1.29, 1.82) is 0 Å². The van der Waals surface area contributed by atoms with E-state index in [0.29, 0.717) is 13.1 Å². The number of anilines is 1. The summed E-state index contributed by atoms with van der Waals surface area (Å²) in [5.41, 5.74) is 2.12. The molecule has 0 radical (unpaired) electrons. The molecular formula is C16H18BrN3O. The number of benzene rings is 1. The van der Waals surface area contributed by atoms with Crippen molar-refractivity contribution in [2.75, 3.05) is 25.5 Å². The van der Waals surface area contributed by atoms with Crippen LogP contribution in [-0.2, 0) is 11.2 Å². The molecule has 0 aliphatic carbocycles. The van der Waals surface area contributed by atoms with Crippen LogP contribution in [0.5, 0.6) is 0 Å². The van der Waals surface area contributed by atoms with Gasteiger partial charge in [0.05, 0.1) is 6.54 Å². The highest BCUT2D eigenvalue weighted by Gasteiger charge is 2.08. The van der Waals surface area contributed by atoms with E-state index in [2.05, 4.69) is 26.2 Å². The Kier molecular flexibility index (Phi) is 5.75. The van der Waals surface area contributed by atoms with E-state index in [1.165, 1.54) is 5.56 Å². The van der Waals surface area contributed by atoms with Gasteiger partial charge in [-0.2, -0.15) is 0 Å². The Morgan fingerprint density at radius 2 is 2.05 bits per heavy atom. The van der Waals surface area contributed by atoms with Gasteiger partial charge >= 0.3 is 0 Å². The molecule has 2 aromatic rings. The van der Waals surface area contributed by atoms with Crippen molar-refractivity contribution in [3.8, 4) is 0 Å². The summed E-state index contributed by atoms with van der Waals surface area (Å²) in [6, 6.07) is 11.7. The fraction of sp³-hybridized carbons (Fsp3) is 0.250. The molecule has 0 aliphatic heterocycles. The maximum absolute atomic E-state index is 12.1. The Hall–Kier alpha value is -1.88. The number of nitrogens with one attached hydrogen (secondary N) is 1. The van der Waals surface area contributed by atoms with Crippen LogP contribution in [0, 0.1) is 0 Å². The van der Waals surface area contributed by atoms with Gasteiger partial charge in [-0.15, -0.1) is 0 Å². The molecule has 0 atom stereocenters. The predicted molar refractivity (Wildman–Crippen MR) is 88.2 cm³/mol. The van der Waals surface area contributed by atoms with Crippen molar-refractivity contribution in [3.63, 3.8) is 0 Å². The lowest BCUT2D eigenvalue weighted by Crippen LogP contribution is -2.33. The van der Waals surface area contributed by atoms with E-state index in [4.69, 9.17) is 0 Å². The molecule has 5 heteroatoms. The van der Waals surface area contributed by atoms with Gasteiger partial charge < -0.3 is 10.2 Å². The van der Waals surface area contributed by atoms with Gasteiger partial charge in [0.15, 0.2) is 0 Å². The van der Waals surface area contributed by atoms with E-state index in [-0.39, 0.29) is 5.91 Å². The molecule has 0 bridgehead atoms. The molecule has 0 spiro atoms. The van der Waals surface area contributed by atoms with Crippen molar-refractivity contribution >= 4 is 27.5 Å². The van der Waals surface area contributed by atoms with E-state index in [1.54, 1.807) is 17.3 Å². The Balaban J connectivity index is 1.77. The maximum Gasteiger partial charge on any atom is 0.241 e. The molecule has 0 saturated carbocycles. The highest BCUT2D eigenvalue weighted by atomic mass is 79.9. The summed E-state index contributed by atoms with van der Waals surface area (Å²) < 4.78 is 0.992. The first-order valence-corrected chi connectivity index (χ1v) is 7.57. The standard InChI is InChI=1S/C16H18BrN3O/c1-20(10-7-13-5-8-18-9-6-13)16(21)12-19-15-4-2-3-14(17)11-15/h2-6,8-9,11,19H,7,10,12H2,1H3. The summed E-state index contributed by atoms with van der Waals surface area (Å²) in [4.78, 5) is 17.8. The minimum Gasteiger partial charge on any atom is -0.376 e. The summed E-state index contributed by atoms with van der Waals surface area (Å²) >= 11 is 3.41. The van der Waals surface area contributed by atoms with E-state index in [0.717, 1.165) is 16.6 Å². The second-order valence-electron chi connectivity index (χ2n) is 4.78. The maximum atomic E-state index is 12.1. The number of aromatic nitrogens is 1. The van der Waals surface area contributed by atoms with Gasteiger partial charge in [0.2, 0.25) is 5.91 Å². The summed E-state index contributed by atoms with van der Waals surface area (Å²) in [6.07, 6.45) is 4.37. The first-order valence-electron chi connectivity index (χ1n) is 6.77. The SMILES string of the molecule is CN(CCc1ccncc1)C(=O)CNc1cccc(Br)c1. The fourth-order valence-corrected chi connectivity index (χ4v) is 2.28. The Labute approximate surface area is 133 Å². The normalized spacial score (nSPS) is 10.2. The van der Waals surface area contributed by atoms with Crippen LogP contribution in [0.4, 0.5) is 5.69 Å². The lowest BCUT2D eigenvalue weighted by Gasteiger charge is -2.18. The zero-order chi connectivity index (χ0) is 15.1. The first kappa shape index (κ1) is 15.5. The lowest BCUT2D eigenvalue weighted by molar-refractivity contribution is -0.127. The van der Waals surface area contributed by atoms with Crippen molar-refractivity contribution in [2.24, 2.45) is 0 Å². The van der Waals surface area contributed by atoms with Crippen molar-refractivity contribution in [3.05, 3.63) is 58.8 Å². The van der Waals surface area contributed by atoms with Gasteiger partial charge in [0.25, 0.3) is 0 Å². The molecule has 21 heavy (non-hydrogen) atoms. The van der Waals surface area contributed by atoms with Crippen LogP contribution in [0.25, 0.3) is 0 Å². The van der Waals surface area contributed by atoms with Gasteiger partial charge in [-0.05, 0) is 42.3 Å². The molecule has 1 N–H and O–H groups in total. The Morgan fingerprint density at radius 1 is 1.29 bits per heavy atom. The topological polar surface area (TPSA) is 45.2 Å². The Morgan fingerprint density at radius 3 is 2.76 bits per heavy atom. The van der Waals surface area contributed by atoms with Gasteiger partial charge in [0.1, 0.15) is 0 Å². The van der Waals surface area contributed by atoms with Crippen LogP contribution in [-0.4, -0.2) is 35.9 Å². The number of halogens is 1. The summed E-state index contributed by atoms with van der Waals surface area (Å²) in [5, 5.41) is 3.13. The minimum atomic E-state index is 0.0732. The van der Waals surface area contributed by atoms with Crippen molar-refractivity contribution < 1.29 is 4.79 Å². The highest BCUT2D eigenvalue weighted by molar-refractivity contribution is 9.10. The van der Waals surface area contributed by atoms with Gasteiger partial charge in [-0.25, -0.2) is 0 Å². The predicted octanol–water partition coefficient (Wildman–Crippen LogP) is 2.96. The molecule has 0 unspecified atom stereocenters. The van der Waals surface area contributed by atoms with Crippen LogP contribution in [0.2, 0.25) is 0 Å². The number of pyridine rings is 1. The zero-order valence-corrected chi connectivity index (χ0v) is 13.5. The third kappa shape index (κ3) is 5.19. The van der Waals surface area contributed by atoms with Crippen LogP contribution in [0.1, 0.15) is 5.56 Å². The molecular weight excluding hydrogens is 330 g/mol. The molecule has 4 nitrogen and oxygen atoms in total. The van der Waals surface area contributed by atoms with E-state index >= 15 is 0 Å². The smallest absolute Gasteiger partial charge is 0.241 e. The summed E-state index contributed by atoms with van der Waals surface area (Å²) in [5.74, 6) is 0.0732. The third-order valence-corrected chi connectivity index (χ3v) is 3.67. The van der Waals surface area contributed by atoms with Crippen molar-refractivity contribution in [2.45, 2.75) is 6.42 Å². The molecule has 0 aliphatic rings. The van der Waals surface area contributed by atoms with Gasteiger partial charge in [-0.3, -0.25) is 9.78 Å². The molecule has 0 saturated heterocycles. The average molecular weight is 348 g/mol. The monoisotopic (exact) mass is 347 g/mol. The second kappa shape index (κ2) is 7.78. The number of carbonyl (C=O) groups is 1. The zero-order valence-electron chi connectivity index (χ0n) is 11.9. The van der Waals surface area contributed by atoms with E-state index in [1.807, 2.05) is 43.4 Å². The molecule has 1 heterocycles. The molecule has 2 rings (SSSR count). The van der Waals surface area contributed by atoms with Crippen molar-refractivity contribution in [1.82, 2.24) is 9.88 Å². The molecule has 0 fully saturated rings. The number of nitrogens with zero attached hydrogens (tertiary/aromatic N) is 2. The quantitative estimate of drug-likeness (QED) is 0.873. The van der Waals surface area contributed by atoms with Gasteiger partial charge in [-0.1, -0.05) is 22.0 Å². The van der Waals surface area contributed by atoms with Crippen LogP contribution in [0.3, 0.4) is 0 Å². The molecule has 1 aromatic carbocycles. The van der Waals surface area contributed by atoms with Gasteiger partial charge in [0, 0.05) is 36.1 Å². The van der Waals surface area contributed by atoms with Crippen LogP contribution in [0.15, 0.2) is 53.3 Å². The first-order chi connectivity index (χ1) is 10.1.